The predicted molar refractivity (Wildman–Crippen MR) is 139 cm³/mol. The highest BCUT2D eigenvalue weighted by Gasteiger charge is 2.32. The van der Waals surface area contributed by atoms with Crippen molar-refractivity contribution in [3.8, 4) is 0 Å². The summed E-state index contributed by atoms with van der Waals surface area (Å²) in [5.74, 6) is 0.468. The van der Waals surface area contributed by atoms with Crippen LogP contribution in [0.1, 0.15) is 45.9 Å². The molecular formula is C27H27N5O4S. The molecule has 190 valence electrons. The van der Waals surface area contributed by atoms with E-state index in [1.54, 1.807) is 36.4 Å². The number of anilines is 1. The monoisotopic (exact) mass is 517 g/mol. The molecule has 0 unspecified atom stereocenters. The van der Waals surface area contributed by atoms with Crippen LogP contribution < -0.4 is 5.32 Å². The number of aliphatic hydroxyl groups is 1. The van der Waals surface area contributed by atoms with Gasteiger partial charge in [0.2, 0.25) is 0 Å². The normalized spacial score (nSPS) is 19.5. The van der Waals surface area contributed by atoms with Crippen LogP contribution in [0.25, 0.3) is 0 Å². The highest BCUT2D eigenvalue weighted by atomic mass is 32.2. The van der Waals surface area contributed by atoms with Gasteiger partial charge in [-0.3, -0.25) is 9.78 Å². The Morgan fingerprint density at radius 1 is 1.11 bits per heavy atom. The molecule has 5 rings (SSSR count). The highest BCUT2D eigenvalue weighted by molar-refractivity contribution is 7.99. The van der Waals surface area contributed by atoms with E-state index in [1.165, 1.54) is 6.20 Å². The summed E-state index contributed by atoms with van der Waals surface area (Å²) >= 11 is 1.59. The van der Waals surface area contributed by atoms with Crippen LogP contribution in [-0.4, -0.2) is 42.6 Å². The Balaban J connectivity index is 1.31. The Kier molecular flexibility index (Phi) is 7.90. The molecule has 0 bridgehead atoms. The summed E-state index contributed by atoms with van der Waals surface area (Å²) in [6.45, 7) is -0.00181. The van der Waals surface area contributed by atoms with Crippen molar-refractivity contribution in [1.82, 2.24) is 19.7 Å². The van der Waals surface area contributed by atoms with Gasteiger partial charge in [-0.25, -0.2) is 0 Å². The molecule has 2 aromatic heterocycles. The Hall–Kier alpha value is -3.57. The molecule has 9 nitrogen and oxygen atoms in total. The number of hydrogen-bond donors (Lipinski definition) is 2. The van der Waals surface area contributed by atoms with Crippen LogP contribution in [-0.2, 0) is 23.1 Å². The molecule has 1 aliphatic rings. The van der Waals surface area contributed by atoms with Crippen molar-refractivity contribution in [3.05, 3.63) is 102 Å². The number of aliphatic hydroxyl groups excluding tert-OH is 1. The number of amides is 1. The van der Waals surface area contributed by atoms with Crippen molar-refractivity contribution < 1.29 is 19.4 Å². The van der Waals surface area contributed by atoms with Crippen LogP contribution in [0.4, 0.5) is 5.69 Å². The largest absolute Gasteiger partial charge is 0.392 e. The number of benzene rings is 2. The fourth-order valence-electron chi connectivity index (χ4n) is 4.02. The first-order valence-corrected chi connectivity index (χ1v) is 12.9. The van der Waals surface area contributed by atoms with E-state index >= 15 is 0 Å². The van der Waals surface area contributed by atoms with Crippen molar-refractivity contribution in [2.24, 2.45) is 7.05 Å². The third kappa shape index (κ3) is 6.23. The molecule has 1 aliphatic heterocycles. The van der Waals surface area contributed by atoms with Crippen LogP contribution in [0, 0.1) is 0 Å². The first-order valence-electron chi connectivity index (χ1n) is 11.9. The standard InChI is InChI=1S/C27H27N5O4S/c1-32-17-29-31-27(32)37-16-23-13-24(19-6-4-18(15-33)5-7-19)36-26(35-23)20-8-10-22(11-9-20)30-25(34)21-3-2-12-28-14-21/h2-12,14,17,23-24,26,33H,13,15-16H2,1H3,(H,30,34)/t23-,24+,26+/m0/s1. The maximum Gasteiger partial charge on any atom is 0.257 e. The molecule has 1 amide bonds. The number of carbonyl (C=O) groups excluding carboxylic acids is 1. The van der Waals surface area contributed by atoms with Gasteiger partial charge >= 0.3 is 0 Å². The molecule has 1 fully saturated rings. The first kappa shape index (κ1) is 25.1. The fraction of sp³-hybridized carbons (Fsp3) is 0.259. The summed E-state index contributed by atoms with van der Waals surface area (Å²) in [4.78, 5) is 16.4. The Labute approximate surface area is 218 Å². The van der Waals surface area contributed by atoms with Crippen molar-refractivity contribution in [2.45, 2.75) is 36.7 Å². The van der Waals surface area contributed by atoms with E-state index in [-0.39, 0.29) is 24.7 Å². The summed E-state index contributed by atoms with van der Waals surface area (Å²) in [5, 5.41) is 21.2. The van der Waals surface area contributed by atoms with Crippen LogP contribution >= 0.6 is 11.8 Å². The number of nitrogens with one attached hydrogen (secondary N) is 1. The second-order valence-corrected chi connectivity index (χ2v) is 9.69. The van der Waals surface area contributed by atoms with Crippen molar-refractivity contribution in [3.63, 3.8) is 0 Å². The van der Waals surface area contributed by atoms with Gasteiger partial charge in [-0.05, 0) is 35.4 Å². The van der Waals surface area contributed by atoms with Gasteiger partial charge in [0.15, 0.2) is 11.4 Å². The molecule has 37 heavy (non-hydrogen) atoms. The number of ether oxygens (including phenoxy) is 2. The number of hydrogen-bond acceptors (Lipinski definition) is 8. The Bertz CT molecular complexity index is 1310. The van der Waals surface area contributed by atoms with Crippen molar-refractivity contribution >= 4 is 23.4 Å². The first-order chi connectivity index (χ1) is 18.1. The van der Waals surface area contributed by atoms with Gasteiger partial charge in [0.05, 0.1) is 24.4 Å². The highest BCUT2D eigenvalue weighted by Crippen LogP contribution is 2.39. The van der Waals surface area contributed by atoms with E-state index in [2.05, 4.69) is 20.5 Å². The molecule has 2 N–H and O–H groups in total. The molecule has 4 aromatic rings. The molecule has 0 aliphatic carbocycles. The van der Waals surface area contributed by atoms with E-state index in [4.69, 9.17) is 9.47 Å². The summed E-state index contributed by atoms with van der Waals surface area (Å²) in [6.07, 6.45) is 4.66. The molecule has 3 atom stereocenters. The van der Waals surface area contributed by atoms with Gasteiger partial charge < -0.3 is 24.5 Å². The number of thioether (sulfide) groups is 1. The smallest absolute Gasteiger partial charge is 0.257 e. The second kappa shape index (κ2) is 11.7. The van der Waals surface area contributed by atoms with Crippen LogP contribution in [0.15, 0.2) is 84.5 Å². The fourth-order valence-corrected chi connectivity index (χ4v) is 4.92. The topological polar surface area (TPSA) is 111 Å². The van der Waals surface area contributed by atoms with Crippen molar-refractivity contribution in [2.75, 3.05) is 11.1 Å². The molecule has 0 radical (unpaired) electrons. The molecule has 2 aromatic carbocycles. The molecular weight excluding hydrogens is 490 g/mol. The molecule has 1 saturated heterocycles. The third-order valence-electron chi connectivity index (χ3n) is 6.05. The average molecular weight is 518 g/mol. The Morgan fingerprint density at radius 3 is 2.57 bits per heavy atom. The van der Waals surface area contributed by atoms with Gasteiger partial charge in [-0.1, -0.05) is 48.2 Å². The lowest BCUT2D eigenvalue weighted by Gasteiger charge is -2.36. The number of nitrogens with zero attached hydrogens (tertiary/aromatic N) is 4. The number of carbonyl (C=O) groups is 1. The van der Waals surface area contributed by atoms with E-state index in [9.17, 15) is 9.90 Å². The summed E-state index contributed by atoms with van der Waals surface area (Å²) in [7, 11) is 1.91. The second-order valence-electron chi connectivity index (χ2n) is 8.70. The minimum atomic E-state index is -0.579. The van der Waals surface area contributed by atoms with Gasteiger partial charge in [-0.15, -0.1) is 10.2 Å². The lowest BCUT2D eigenvalue weighted by atomic mass is 10.0. The summed E-state index contributed by atoms with van der Waals surface area (Å²) < 4.78 is 14.6. The lowest BCUT2D eigenvalue weighted by molar-refractivity contribution is -0.245. The van der Waals surface area contributed by atoms with Crippen LogP contribution in [0.5, 0.6) is 0 Å². The third-order valence-corrected chi connectivity index (χ3v) is 7.21. The molecule has 0 spiro atoms. The number of pyridine rings is 1. The predicted octanol–water partition coefficient (Wildman–Crippen LogP) is 4.29. The van der Waals surface area contributed by atoms with Crippen molar-refractivity contribution in [1.29, 1.82) is 0 Å². The number of rotatable bonds is 8. The van der Waals surface area contributed by atoms with Gasteiger partial charge in [0, 0.05) is 42.9 Å². The molecule has 3 heterocycles. The van der Waals surface area contributed by atoms with Crippen LogP contribution in [0.3, 0.4) is 0 Å². The number of aromatic nitrogens is 4. The minimum Gasteiger partial charge on any atom is -0.392 e. The summed E-state index contributed by atoms with van der Waals surface area (Å²) in [5.41, 5.74) is 3.89. The SMILES string of the molecule is Cn1cnnc1SC[C@@H]1C[C@H](c2ccc(CO)cc2)O[C@H](c2ccc(NC(=O)c3cccnc3)cc2)O1. The van der Waals surface area contributed by atoms with Crippen LogP contribution in [0.2, 0.25) is 0 Å². The zero-order valence-corrected chi connectivity index (χ0v) is 21.0. The maximum absolute atomic E-state index is 12.5. The van der Waals surface area contributed by atoms with Gasteiger partial charge in [0.25, 0.3) is 5.91 Å². The van der Waals surface area contributed by atoms with E-state index < -0.39 is 6.29 Å². The quantitative estimate of drug-likeness (QED) is 0.333. The Morgan fingerprint density at radius 2 is 1.89 bits per heavy atom. The van der Waals surface area contributed by atoms with Gasteiger partial charge in [-0.2, -0.15) is 0 Å². The van der Waals surface area contributed by atoms with E-state index in [1.807, 2.05) is 60.1 Å². The maximum atomic E-state index is 12.5. The van der Waals surface area contributed by atoms with Gasteiger partial charge in [0.1, 0.15) is 6.33 Å². The van der Waals surface area contributed by atoms with E-state index in [0.717, 1.165) is 21.8 Å². The summed E-state index contributed by atoms with van der Waals surface area (Å²) in [6, 6.07) is 18.7. The zero-order valence-electron chi connectivity index (χ0n) is 20.2. The average Bonchev–Trinajstić information content (AvgIpc) is 3.37. The molecule has 10 heteroatoms. The number of aryl methyl sites for hydroxylation is 1. The van der Waals surface area contributed by atoms with E-state index in [0.29, 0.717) is 23.4 Å². The lowest BCUT2D eigenvalue weighted by Crippen LogP contribution is -2.31. The molecule has 0 saturated carbocycles. The zero-order chi connectivity index (χ0) is 25.6. The minimum absolute atomic E-state index is 0.00181.